The van der Waals surface area contributed by atoms with Crippen molar-refractivity contribution in [2.75, 3.05) is 5.75 Å². The van der Waals surface area contributed by atoms with Crippen molar-refractivity contribution in [3.63, 3.8) is 0 Å². The molecule has 0 radical (unpaired) electrons. The quantitative estimate of drug-likeness (QED) is 0.248. The summed E-state index contributed by atoms with van der Waals surface area (Å²) in [7, 11) is 0. The van der Waals surface area contributed by atoms with E-state index in [0.717, 1.165) is 4.91 Å². The zero-order valence-electron chi connectivity index (χ0n) is 12.4. The summed E-state index contributed by atoms with van der Waals surface area (Å²) in [6.07, 6.45) is 17.4. The molecule has 0 amide bonds. The van der Waals surface area contributed by atoms with E-state index >= 15 is 0 Å². The average molecular weight is 269 g/mol. The molecule has 0 N–H and O–H groups in total. The van der Waals surface area contributed by atoms with Crippen LogP contribution in [0.1, 0.15) is 77.6 Å². The van der Waals surface area contributed by atoms with E-state index < -0.39 is 0 Å². The van der Waals surface area contributed by atoms with Crippen LogP contribution in [0, 0.1) is 0 Å². The summed E-state index contributed by atoms with van der Waals surface area (Å²) in [4.78, 5) is 1.11. The maximum Gasteiger partial charge on any atom is -0.000592 e. The highest BCUT2D eigenvalue weighted by Crippen LogP contribution is 2.17. The van der Waals surface area contributed by atoms with E-state index in [-0.39, 0.29) is 0 Å². The highest BCUT2D eigenvalue weighted by atomic mass is 32.2. The van der Waals surface area contributed by atoms with Crippen LogP contribution in [0.2, 0.25) is 0 Å². The van der Waals surface area contributed by atoms with Crippen molar-refractivity contribution in [2.24, 2.45) is 0 Å². The normalized spacial score (nSPS) is 10.5. The van der Waals surface area contributed by atoms with Crippen LogP contribution in [0.25, 0.3) is 0 Å². The highest BCUT2D eigenvalue weighted by molar-refractivity contribution is 8.03. The molecule has 0 saturated heterocycles. The zero-order chi connectivity index (χ0) is 13.5. The van der Waals surface area contributed by atoms with E-state index in [1.54, 1.807) is 0 Å². The topological polar surface area (TPSA) is 0 Å². The molecule has 0 bridgehead atoms. The number of hydrogen-bond donors (Lipinski definition) is 0. The van der Waals surface area contributed by atoms with Gasteiger partial charge in [0.1, 0.15) is 0 Å². The predicted molar refractivity (Wildman–Crippen MR) is 88.3 cm³/mol. The average Bonchev–Trinajstić information content (AvgIpc) is 2.39. The maximum atomic E-state index is 3.91. The second kappa shape index (κ2) is 14.9. The minimum Gasteiger partial charge on any atom is -0.127 e. The molecule has 1 heteroatoms. The van der Waals surface area contributed by atoms with Gasteiger partial charge in [-0.2, -0.15) is 0 Å². The van der Waals surface area contributed by atoms with Gasteiger partial charge in [-0.25, -0.2) is 0 Å². The van der Waals surface area contributed by atoms with Crippen molar-refractivity contribution in [2.45, 2.75) is 77.6 Å². The lowest BCUT2D eigenvalue weighted by molar-refractivity contribution is 0.555. The predicted octanol–water partition coefficient (Wildman–Crippen LogP) is 6.73. The van der Waals surface area contributed by atoms with Gasteiger partial charge < -0.3 is 0 Å². The Morgan fingerprint density at radius 2 is 1.28 bits per heavy atom. The molecule has 0 aliphatic rings. The smallest absolute Gasteiger partial charge is 0.000592 e. The van der Waals surface area contributed by atoms with E-state index in [9.17, 15) is 0 Å². The largest absolute Gasteiger partial charge is 0.127 e. The third kappa shape index (κ3) is 13.9. The van der Waals surface area contributed by atoms with Crippen LogP contribution in [0.15, 0.2) is 24.1 Å². The molecular formula is C17H32S. The Morgan fingerprint density at radius 1 is 0.833 bits per heavy atom. The molecular weight excluding hydrogens is 236 g/mol. The molecule has 0 saturated carbocycles. The Morgan fingerprint density at radius 3 is 1.72 bits per heavy atom. The van der Waals surface area contributed by atoms with Gasteiger partial charge in [0.05, 0.1) is 0 Å². The molecule has 0 nitrogen and oxygen atoms in total. The van der Waals surface area contributed by atoms with Crippen molar-refractivity contribution in [1.82, 2.24) is 0 Å². The first-order chi connectivity index (χ1) is 8.81. The summed E-state index contributed by atoms with van der Waals surface area (Å²) in [6.45, 7) is 9.90. The molecule has 0 aromatic rings. The Bertz CT molecular complexity index is 196. The number of thioether (sulfide) groups is 1. The molecule has 0 unspecified atom stereocenters. The van der Waals surface area contributed by atoms with Crippen LogP contribution in [0.3, 0.4) is 0 Å². The standard InChI is InChI=1S/C17H32S/c1-4-6-7-8-9-10-11-12-13-14-15-16-18-17(3)5-2/h5H,2-4,6-16H2,1H3. The van der Waals surface area contributed by atoms with E-state index in [2.05, 4.69) is 20.1 Å². The van der Waals surface area contributed by atoms with Gasteiger partial charge in [0.2, 0.25) is 0 Å². The van der Waals surface area contributed by atoms with Gasteiger partial charge in [0.15, 0.2) is 0 Å². The maximum absolute atomic E-state index is 3.91. The molecule has 0 aliphatic heterocycles. The third-order valence-corrected chi connectivity index (χ3v) is 4.29. The molecule has 0 spiro atoms. The second-order valence-corrected chi connectivity index (χ2v) is 6.28. The highest BCUT2D eigenvalue weighted by Gasteiger charge is 1.94. The van der Waals surface area contributed by atoms with E-state index in [1.807, 2.05) is 17.8 Å². The fourth-order valence-corrected chi connectivity index (χ4v) is 2.76. The van der Waals surface area contributed by atoms with Gasteiger partial charge in [-0.1, -0.05) is 90.4 Å². The summed E-state index contributed by atoms with van der Waals surface area (Å²) in [5.41, 5.74) is 0. The molecule has 0 aliphatic carbocycles. The summed E-state index contributed by atoms with van der Waals surface area (Å²) >= 11 is 1.84. The van der Waals surface area contributed by atoms with E-state index in [1.165, 1.54) is 76.4 Å². The molecule has 106 valence electrons. The molecule has 18 heavy (non-hydrogen) atoms. The third-order valence-electron chi connectivity index (χ3n) is 3.26. The Labute approximate surface area is 119 Å². The van der Waals surface area contributed by atoms with Crippen molar-refractivity contribution in [3.05, 3.63) is 24.1 Å². The molecule has 0 atom stereocenters. The van der Waals surface area contributed by atoms with Gasteiger partial charge in [0.25, 0.3) is 0 Å². The lowest BCUT2D eigenvalue weighted by Gasteiger charge is -2.03. The zero-order valence-corrected chi connectivity index (χ0v) is 13.2. The number of unbranched alkanes of at least 4 members (excludes halogenated alkanes) is 10. The molecule has 0 aromatic carbocycles. The van der Waals surface area contributed by atoms with E-state index in [0.29, 0.717) is 0 Å². The van der Waals surface area contributed by atoms with Gasteiger partial charge in [0, 0.05) is 0 Å². The van der Waals surface area contributed by atoms with Crippen molar-refractivity contribution < 1.29 is 0 Å². The molecule has 0 rings (SSSR count). The first-order valence-electron chi connectivity index (χ1n) is 7.75. The Kier molecular flexibility index (Phi) is 14.7. The number of hydrogen-bond acceptors (Lipinski definition) is 1. The van der Waals surface area contributed by atoms with Gasteiger partial charge in [-0.3, -0.25) is 0 Å². The van der Waals surface area contributed by atoms with Gasteiger partial charge in [-0.15, -0.1) is 11.8 Å². The van der Waals surface area contributed by atoms with Crippen LogP contribution in [-0.4, -0.2) is 5.75 Å². The molecule has 0 fully saturated rings. The lowest BCUT2D eigenvalue weighted by Crippen LogP contribution is -1.84. The minimum atomic E-state index is 1.11. The van der Waals surface area contributed by atoms with E-state index in [4.69, 9.17) is 0 Å². The van der Waals surface area contributed by atoms with Crippen LogP contribution in [0.5, 0.6) is 0 Å². The van der Waals surface area contributed by atoms with Crippen LogP contribution in [-0.2, 0) is 0 Å². The lowest BCUT2D eigenvalue weighted by atomic mass is 10.1. The van der Waals surface area contributed by atoms with Gasteiger partial charge >= 0.3 is 0 Å². The fourth-order valence-electron chi connectivity index (χ4n) is 2.03. The summed E-state index contributed by atoms with van der Waals surface area (Å²) in [6, 6.07) is 0. The monoisotopic (exact) mass is 268 g/mol. The SMILES string of the molecule is C=CC(=C)SCCCCCCCCCCCCC. The Balaban J connectivity index is 2.98. The second-order valence-electron chi connectivity index (χ2n) is 5.05. The Hall–Kier alpha value is -0.170. The molecule has 0 heterocycles. The van der Waals surface area contributed by atoms with Crippen LogP contribution in [0.4, 0.5) is 0 Å². The van der Waals surface area contributed by atoms with Crippen LogP contribution < -0.4 is 0 Å². The van der Waals surface area contributed by atoms with Crippen molar-refractivity contribution >= 4 is 11.8 Å². The first-order valence-corrected chi connectivity index (χ1v) is 8.74. The summed E-state index contributed by atoms with van der Waals surface area (Å²) in [5.74, 6) is 1.21. The van der Waals surface area contributed by atoms with Crippen molar-refractivity contribution in [3.8, 4) is 0 Å². The number of rotatable bonds is 14. The van der Waals surface area contributed by atoms with Crippen LogP contribution >= 0.6 is 11.8 Å². The van der Waals surface area contributed by atoms with Crippen molar-refractivity contribution in [1.29, 1.82) is 0 Å². The number of allylic oxidation sites excluding steroid dienone is 1. The van der Waals surface area contributed by atoms with Gasteiger partial charge in [-0.05, 0) is 17.1 Å². The molecule has 0 aromatic heterocycles. The summed E-state index contributed by atoms with van der Waals surface area (Å²) < 4.78 is 0. The summed E-state index contributed by atoms with van der Waals surface area (Å²) in [5, 5.41) is 0. The first kappa shape index (κ1) is 17.8. The fraction of sp³-hybridized carbons (Fsp3) is 0.765. The minimum absolute atomic E-state index is 1.11.